The molecule has 29 heavy (non-hydrogen) atoms. The van der Waals surface area contributed by atoms with Gasteiger partial charge in [0.1, 0.15) is 5.75 Å². The maximum absolute atomic E-state index is 12.8. The first-order chi connectivity index (χ1) is 14.1. The lowest BCUT2D eigenvalue weighted by atomic mass is 10.1. The fourth-order valence-corrected chi connectivity index (χ4v) is 2.95. The fourth-order valence-electron chi connectivity index (χ4n) is 2.95. The van der Waals surface area contributed by atoms with Crippen molar-refractivity contribution in [1.82, 2.24) is 9.78 Å². The molecule has 0 saturated heterocycles. The Hall–Kier alpha value is -3.68. The minimum atomic E-state index is -0.344. The van der Waals surface area contributed by atoms with E-state index in [2.05, 4.69) is 10.4 Å². The van der Waals surface area contributed by atoms with E-state index in [-0.39, 0.29) is 5.91 Å². The van der Waals surface area contributed by atoms with Crippen molar-refractivity contribution in [2.75, 3.05) is 33.8 Å². The Balaban J connectivity index is 1.76. The quantitative estimate of drug-likeness (QED) is 0.628. The molecule has 0 saturated carbocycles. The molecular weight excluding hydrogens is 374 g/mol. The third kappa shape index (κ3) is 4.43. The van der Waals surface area contributed by atoms with Crippen LogP contribution in [0.1, 0.15) is 15.9 Å². The maximum atomic E-state index is 12.8. The monoisotopic (exact) mass is 397 g/mol. The summed E-state index contributed by atoms with van der Waals surface area (Å²) in [7, 11) is 6.11. The minimum Gasteiger partial charge on any atom is -0.497 e. The van der Waals surface area contributed by atoms with Crippen molar-refractivity contribution in [3.05, 3.63) is 59.9 Å². The van der Waals surface area contributed by atoms with Gasteiger partial charge in [-0.1, -0.05) is 12.1 Å². The summed E-state index contributed by atoms with van der Waals surface area (Å²) in [6.45, 7) is 0.548. The van der Waals surface area contributed by atoms with Crippen molar-refractivity contribution in [3.8, 4) is 23.0 Å². The van der Waals surface area contributed by atoms with E-state index in [1.165, 1.54) is 21.3 Å². The van der Waals surface area contributed by atoms with Crippen LogP contribution in [-0.2, 0) is 6.54 Å². The summed E-state index contributed by atoms with van der Waals surface area (Å²) < 4.78 is 22.9. The van der Waals surface area contributed by atoms with E-state index in [1.807, 2.05) is 24.3 Å². The number of anilines is 1. The smallest absolute Gasteiger partial charge is 0.259 e. The van der Waals surface area contributed by atoms with E-state index in [4.69, 9.17) is 18.9 Å². The first-order valence-electron chi connectivity index (χ1n) is 8.85. The Morgan fingerprint density at radius 1 is 1.00 bits per heavy atom. The Morgan fingerprint density at radius 3 is 2.48 bits per heavy atom. The van der Waals surface area contributed by atoms with E-state index in [0.29, 0.717) is 35.0 Å². The molecule has 8 nitrogen and oxygen atoms in total. The molecule has 1 heterocycles. The van der Waals surface area contributed by atoms with E-state index < -0.39 is 0 Å². The molecule has 1 aromatic heterocycles. The molecule has 0 atom stereocenters. The number of hydrogen-bond donors (Lipinski definition) is 1. The molecule has 0 aliphatic heterocycles. The lowest BCUT2D eigenvalue weighted by molar-refractivity contribution is 0.102. The predicted molar refractivity (Wildman–Crippen MR) is 108 cm³/mol. The topological polar surface area (TPSA) is 83.8 Å². The number of amides is 1. The molecule has 0 aliphatic rings. The average Bonchev–Trinajstić information content (AvgIpc) is 3.18. The zero-order valence-corrected chi connectivity index (χ0v) is 16.8. The van der Waals surface area contributed by atoms with Crippen LogP contribution < -0.4 is 24.3 Å². The lowest BCUT2D eigenvalue weighted by Gasteiger charge is -2.15. The van der Waals surface area contributed by atoms with Crippen LogP contribution in [0.4, 0.5) is 5.69 Å². The second kappa shape index (κ2) is 9.01. The number of aromatic nitrogens is 2. The highest BCUT2D eigenvalue weighted by atomic mass is 16.5. The normalized spacial score (nSPS) is 10.3. The Bertz CT molecular complexity index is 1000. The third-order valence-corrected chi connectivity index (χ3v) is 4.32. The van der Waals surface area contributed by atoms with Gasteiger partial charge in [-0.15, -0.1) is 0 Å². The van der Waals surface area contributed by atoms with Crippen LogP contribution in [0.25, 0.3) is 0 Å². The zero-order valence-electron chi connectivity index (χ0n) is 16.8. The SMILES string of the molecule is COc1cccc(Cn2cc(NC(=O)c3ccc(OC)c(OC)c3OC)cn2)c1. The van der Waals surface area contributed by atoms with Gasteiger partial charge in [0.2, 0.25) is 5.75 Å². The van der Waals surface area contributed by atoms with Gasteiger partial charge in [0.05, 0.1) is 52.4 Å². The number of nitrogens with zero attached hydrogens (tertiary/aromatic N) is 2. The molecule has 0 aliphatic carbocycles. The number of hydrogen-bond acceptors (Lipinski definition) is 6. The molecule has 3 aromatic rings. The molecule has 1 amide bonds. The van der Waals surface area contributed by atoms with Crippen molar-refractivity contribution in [2.24, 2.45) is 0 Å². The van der Waals surface area contributed by atoms with Crippen molar-refractivity contribution in [3.63, 3.8) is 0 Å². The van der Waals surface area contributed by atoms with E-state index in [1.54, 1.807) is 36.3 Å². The molecule has 3 rings (SSSR count). The second-order valence-corrected chi connectivity index (χ2v) is 6.11. The number of benzene rings is 2. The predicted octanol–water partition coefficient (Wildman–Crippen LogP) is 3.22. The molecule has 0 spiro atoms. The number of methoxy groups -OCH3 is 4. The Labute approximate surface area is 169 Å². The molecule has 0 unspecified atom stereocenters. The van der Waals surface area contributed by atoms with Crippen LogP contribution in [0, 0.1) is 0 Å². The van der Waals surface area contributed by atoms with E-state index in [9.17, 15) is 4.79 Å². The molecule has 0 bridgehead atoms. The van der Waals surface area contributed by atoms with Crippen LogP contribution >= 0.6 is 0 Å². The van der Waals surface area contributed by atoms with Gasteiger partial charge in [-0.2, -0.15) is 5.10 Å². The van der Waals surface area contributed by atoms with Crippen molar-refractivity contribution in [2.45, 2.75) is 6.54 Å². The summed E-state index contributed by atoms with van der Waals surface area (Å²) in [6.07, 6.45) is 3.34. The number of carbonyl (C=O) groups is 1. The van der Waals surface area contributed by atoms with Crippen LogP contribution in [0.2, 0.25) is 0 Å². The van der Waals surface area contributed by atoms with Crippen LogP contribution in [0.3, 0.4) is 0 Å². The first-order valence-corrected chi connectivity index (χ1v) is 8.85. The first kappa shape index (κ1) is 20.1. The molecule has 2 aromatic carbocycles. The van der Waals surface area contributed by atoms with Gasteiger partial charge in [-0.3, -0.25) is 9.48 Å². The molecule has 0 fully saturated rings. The van der Waals surface area contributed by atoms with Gasteiger partial charge >= 0.3 is 0 Å². The fraction of sp³-hybridized carbons (Fsp3) is 0.238. The third-order valence-electron chi connectivity index (χ3n) is 4.32. The van der Waals surface area contributed by atoms with Crippen LogP contribution in [-0.4, -0.2) is 44.1 Å². The van der Waals surface area contributed by atoms with Crippen molar-refractivity contribution >= 4 is 11.6 Å². The molecule has 8 heteroatoms. The van der Waals surface area contributed by atoms with E-state index in [0.717, 1.165) is 11.3 Å². The largest absolute Gasteiger partial charge is 0.497 e. The van der Waals surface area contributed by atoms with E-state index >= 15 is 0 Å². The summed E-state index contributed by atoms with van der Waals surface area (Å²) in [5.41, 5.74) is 1.92. The highest BCUT2D eigenvalue weighted by molar-refractivity contribution is 6.06. The summed E-state index contributed by atoms with van der Waals surface area (Å²) in [6, 6.07) is 11.0. The van der Waals surface area contributed by atoms with Crippen molar-refractivity contribution < 1.29 is 23.7 Å². The average molecular weight is 397 g/mol. The highest BCUT2D eigenvalue weighted by Crippen LogP contribution is 2.39. The number of ether oxygens (including phenoxy) is 4. The molecule has 1 N–H and O–H groups in total. The number of carbonyl (C=O) groups excluding carboxylic acids is 1. The summed E-state index contributed by atoms with van der Waals surface area (Å²) in [5, 5.41) is 7.13. The maximum Gasteiger partial charge on any atom is 0.259 e. The van der Waals surface area contributed by atoms with Gasteiger partial charge in [0.15, 0.2) is 11.5 Å². The Morgan fingerprint density at radius 2 is 1.79 bits per heavy atom. The van der Waals surface area contributed by atoms with Crippen molar-refractivity contribution in [1.29, 1.82) is 0 Å². The van der Waals surface area contributed by atoms with Gasteiger partial charge in [-0.25, -0.2) is 0 Å². The lowest BCUT2D eigenvalue weighted by Crippen LogP contribution is -2.13. The summed E-state index contributed by atoms with van der Waals surface area (Å²) in [5.74, 6) is 1.57. The van der Waals surface area contributed by atoms with Gasteiger partial charge < -0.3 is 24.3 Å². The molecule has 152 valence electrons. The van der Waals surface area contributed by atoms with Gasteiger partial charge in [0.25, 0.3) is 5.91 Å². The Kier molecular flexibility index (Phi) is 6.23. The van der Waals surface area contributed by atoms with Crippen LogP contribution in [0.5, 0.6) is 23.0 Å². The zero-order chi connectivity index (χ0) is 20.8. The highest BCUT2D eigenvalue weighted by Gasteiger charge is 2.21. The van der Waals surface area contributed by atoms with Gasteiger partial charge in [0, 0.05) is 6.20 Å². The minimum absolute atomic E-state index is 0.299. The second-order valence-electron chi connectivity index (χ2n) is 6.11. The number of rotatable bonds is 8. The standard InChI is InChI=1S/C21H23N3O5/c1-26-16-7-5-6-14(10-16)12-24-13-15(11-22-24)23-21(25)17-8-9-18(27-2)20(29-4)19(17)28-3/h5-11,13H,12H2,1-4H3,(H,23,25). The van der Waals surface area contributed by atoms with Crippen LogP contribution in [0.15, 0.2) is 48.8 Å². The van der Waals surface area contributed by atoms with Gasteiger partial charge in [-0.05, 0) is 29.8 Å². The molecule has 0 radical (unpaired) electrons. The molecular formula is C21H23N3O5. The summed E-state index contributed by atoms with van der Waals surface area (Å²) in [4.78, 5) is 12.8. The number of nitrogens with one attached hydrogen (secondary N) is 1. The summed E-state index contributed by atoms with van der Waals surface area (Å²) >= 11 is 0.